The number of nitrogen functional groups attached to an aromatic ring is 2. The SMILES string of the molecule is Nc1ccnc(-c2ccccc2Cl)c1N. The van der Waals surface area contributed by atoms with Gasteiger partial charge in [-0.05, 0) is 12.1 Å². The van der Waals surface area contributed by atoms with E-state index >= 15 is 0 Å². The third-order valence-electron chi connectivity index (χ3n) is 2.15. The Bertz CT molecular complexity index is 497. The summed E-state index contributed by atoms with van der Waals surface area (Å²) in [5.74, 6) is 0. The van der Waals surface area contributed by atoms with E-state index in [1.54, 1.807) is 18.3 Å². The molecule has 0 saturated heterocycles. The van der Waals surface area contributed by atoms with Crippen LogP contribution in [0.25, 0.3) is 11.3 Å². The van der Waals surface area contributed by atoms with Crippen molar-refractivity contribution in [1.82, 2.24) is 4.98 Å². The van der Waals surface area contributed by atoms with E-state index in [4.69, 9.17) is 23.1 Å². The first kappa shape index (κ1) is 9.80. The van der Waals surface area contributed by atoms with Crippen LogP contribution >= 0.6 is 11.6 Å². The summed E-state index contributed by atoms with van der Waals surface area (Å²) in [6.07, 6.45) is 1.62. The highest BCUT2D eigenvalue weighted by molar-refractivity contribution is 6.33. The van der Waals surface area contributed by atoms with Gasteiger partial charge in [-0.15, -0.1) is 0 Å². The number of pyridine rings is 1. The quantitative estimate of drug-likeness (QED) is 0.775. The van der Waals surface area contributed by atoms with E-state index in [1.165, 1.54) is 0 Å². The van der Waals surface area contributed by atoms with E-state index in [0.29, 0.717) is 22.1 Å². The lowest BCUT2D eigenvalue weighted by atomic mass is 10.1. The standard InChI is InChI=1S/C11H10ClN3/c12-8-4-2-1-3-7(8)11-10(14)9(13)5-6-15-11/h1-6H,14H2,(H2,13,15). The fourth-order valence-corrected chi connectivity index (χ4v) is 1.58. The van der Waals surface area contributed by atoms with Crippen LogP contribution < -0.4 is 11.5 Å². The molecule has 0 unspecified atom stereocenters. The number of hydrogen-bond acceptors (Lipinski definition) is 3. The smallest absolute Gasteiger partial charge is 0.0967 e. The average molecular weight is 220 g/mol. The van der Waals surface area contributed by atoms with Crippen molar-refractivity contribution in [2.45, 2.75) is 0 Å². The molecule has 0 saturated carbocycles. The second-order valence-electron chi connectivity index (χ2n) is 3.14. The van der Waals surface area contributed by atoms with Gasteiger partial charge in [-0.1, -0.05) is 29.8 Å². The van der Waals surface area contributed by atoms with E-state index in [-0.39, 0.29) is 0 Å². The molecule has 0 aliphatic heterocycles. The zero-order valence-electron chi connectivity index (χ0n) is 7.94. The minimum Gasteiger partial charge on any atom is -0.397 e. The molecular weight excluding hydrogens is 210 g/mol. The highest BCUT2D eigenvalue weighted by Gasteiger charge is 2.09. The summed E-state index contributed by atoms with van der Waals surface area (Å²) in [6, 6.07) is 9.05. The van der Waals surface area contributed by atoms with Crippen LogP contribution in [0.5, 0.6) is 0 Å². The van der Waals surface area contributed by atoms with Crippen LogP contribution in [0.1, 0.15) is 0 Å². The summed E-state index contributed by atoms with van der Waals surface area (Å²) in [5, 5.41) is 0.613. The van der Waals surface area contributed by atoms with Gasteiger partial charge >= 0.3 is 0 Å². The van der Waals surface area contributed by atoms with Crippen LogP contribution in [0.4, 0.5) is 11.4 Å². The maximum absolute atomic E-state index is 6.05. The van der Waals surface area contributed by atoms with E-state index < -0.39 is 0 Å². The minimum absolute atomic E-state index is 0.464. The molecule has 0 aliphatic carbocycles. The number of halogens is 1. The van der Waals surface area contributed by atoms with Crippen molar-refractivity contribution < 1.29 is 0 Å². The van der Waals surface area contributed by atoms with Gasteiger partial charge in [0, 0.05) is 11.8 Å². The Hall–Kier alpha value is -1.74. The van der Waals surface area contributed by atoms with E-state index in [1.807, 2.05) is 18.2 Å². The molecule has 3 nitrogen and oxygen atoms in total. The van der Waals surface area contributed by atoms with Gasteiger partial charge in [0.25, 0.3) is 0 Å². The summed E-state index contributed by atoms with van der Waals surface area (Å²) >= 11 is 6.05. The monoisotopic (exact) mass is 219 g/mol. The van der Waals surface area contributed by atoms with Crippen molar-refractivity contribution in [2.75, 3.05) is 11.5 Å². The van der Waals surface area contributed by atoms with Gasteiger partial charge in [0.15, 0.2) is 0 Å². The van der Waals surface area contributed by atoms with Crippen LogP contribution in [0, 0.1) is 0 Å². The van der Waals surface area contributed by atoms with Gasteiger partial charge in [-0.3, -0.25) is 4.98 Å². The Kier molecular flexibility index (Phi) is 2.47. The summed E-state index contributed by atoms with van der Waals surface area (Å²) < 4.78 is 0. The molecule has 2 aromatic rings. The normalized spacial score (nSPS) is 10.2. The number of aromatic nitrogens is 1. The highest BCUT2D eigenvalue weighted by atomic mass is 35.5. The van der Waals surface area contributed by atoms with Crippen LogP contribution in [0.3, 0.4) is 0 Å². The Balaban J connectivity index is 2.65. The zero-order chi connectivity index (χ0) is 10.8. The molecule has 0 radical (unpaired) electrons. The van der Waals surface area contributed by atoms with Gasteiger partial charge in [0.2, 0.25) is 0 Å². The summed E-state index contributed by atoms with van der Waals surface area (Å²) in [5.41, 5.74) is 13.9. The first-order valence-corrected chi connectivity index (χ1v) is 4.83. The lowest BCUT2D eigenvalue weighted by Gasteiger charge is -2.08. The predicted octanol–water partition coefficient (Wildman–Crippen LogP) is 2.57. The molecule has 0 bridgehead atoms. The maximum atomic E-state index is 6.05. The first-order chi connectivity index (χ1) is 7.20. The van der Waals surface area contributed by atoms with Crippen LogP contribution in [0.15, 0.2) is 36.5 Å². The Morgan fingerprint density at radius 2 is 1.80 bits per heavy atom. The topological polar surface area (TPSA) is 64.9 Å². The van der Waals surface area contributed by atoms with E-state index in [0.717, 1.165) is 5.56 Å². The average Bonchev–Trinajstić information content (AvgIpc) is 2.23. The molecule has 1 heterocycles. The molecule has 2 rings (SSSR count). The lowest BCUT2D eigenvalue weighted by Crippen LogP contribution is -1.99. The molecule has 0 fully saturated rings. The van der Waals surface area contributed by atoms with Gasteiger partial charge < -0.3 is 11.5 Å². The maximum Gasteiger partial charge on any atom is 0.0967 e. The first-order valence-electron chi connectivity index (χ1n) is 4.45. The lowest BCUT2D eigenvalue weighted by molar-refractivity contribution is 1.33. The third-order valence-corrected chi connectivity index (χ3v) is 2.48. The fraction of sp³-hybridized carbons (Fsp3) is 0. The second kappa shape index (κ2) is 3.79. The number of nitrogens with two attached hydrogens (primary N) is 2. The molecule has 4 N–H and O–H groups in total. The summed E-state index contributed by atoms with van der Waals surface area (Å²) in [4.78, 5) is 4.18. The molecular formula is C11H10ClN3. The highest BCUT2D eigenvalue weighted by Crippen LogP contribution is 2.32. The van der Waals surface area contributed by atoms with E-state index in [2.05, 4.69) is 4.98 Å². The van der Waals surface area contributed by atoms with Crippen molar-refractivity contribution >= 4 is 23.0 Å². The molecule has 0 spiro atoms. The number of hydrogen-bond donors (Lipinski definition) is 2. The van der Waals surface area contributed by atoms with E-state index in [9.17, 15) is 0 Å². The zero-order valence-corrected chi connectivity index (χ0v) is 8.70. The molecule has 15 heavy (non-hydrogen) atoms. The van der Waals surface area contributed by atoms with Gasteiger partial charge in [0.05, 0.1) is 22.1 Å². The number of rotatable bonds is 1. The van der Waals surface area contributed by atoms with Crippen LogP contribution in [-0.4, -0.2) is 4.98 Å². The molecule has 4 heteroatoms. The summed E-state index contributed by atoms with van der Waals surface area (Å²) in [6.45, 7) is 0. The Morgan fingerprint density at radius 1 is 1.07 bits per heavy atom. The Morgan fingerprint density at radius 3 is 2.53 bits per heavy atom. The molecule has 1 aromatic carbocycles. The summed E-state index contributed by atoms with van der Waals surface area (Å²) in [7, 11) is 0. The number of anilines is 2. The molecule has 0 amide bonds. The number of benzene rings is 1. The van der Waals surface area contributed by atoms with Crippen molar-refractivity contribution in [1.29, 1.82) is 0 Å². The molecule has 1 aromatic heterocycles. The predicted molar refractivity (Wildman–Crippen MR) is 63.5 cm³/mol. The van der Waals surface area contributed by atoms with Crippen molar-refractivity contribution in [3.8, 4) is 11.3 Å². The Labute approximate surface area is 92.7 Å². The van der Waals surface area contributed by atoms with Crippen molar-refractivity contribution in [2.24, 2.45) is 0 Å². The van der Waals surface area contributed by atoms with Gasteiger partial charge in [0.1, 0.15) is 0 Å². The molecule has 0 aliphatic rings. The largest absolute Gasteiger partial charge is 0.397 e. The second-order valence-corrected chi connectivity index (χ2v) is 3.55. The number of nitrogens with zero attached hydrogens (tertiary/aromatic N) is 1. The fourth-order valence-electron chi connectivity index (χ4n) is 1.36. The van der Waals surface area contributed by atoms with Gasteiger partial charge in [-0.2, -0.15) is 0 Å². The minimum atomic E-state index is 0.464. The van der Waals surface area contributed by atoms with Crippen molar-refractivity contribution in [3.63, 3.8) is 0 Å². The third kappa shape index (κ3) is 1.74. The molecule has 0 atom stereocenters. The van der Waals surface area contributed by atoms with Crippen LogP contribution in [-0.2, 0) is 0 Å². The van der Waals surface area contributed by atoms with Crippen molar-refractivity contribution in [3.05, 3.63) is 41.6 Å². The van der Waals surface area contributed by atoms with Crippen LogP contribution in [0.2, 0.25) is 5.02 Å². The molecule has 76 valence electrons. The van der Waals surface area contributed by atoms with Gasteiger partial charge in [-0.25, -0.2) is 0 Å².